The second-order valence-corrected chi connectivity index (χ2v) is 12.4. The summed E-state index contributed by atoms with van der Waals surface area (Å²) >= 11 is 7.21. The molecule has 1 unspecified atom stereocenters. The van der Waals surface area contributed by atoms with Crippen LogP contribution in [0.5, 0.6) is 0 Å². The fraction of sp³-hybridized carbons (Fsp3) is 0.320. The van der Waals surface area contributed by atoms with Crippen LogP contribution in [0.3, 0.4) is 0 Å². The molecule has 0 aliphatic heterocycles. The highest BCUT2D eigenvalue weighted by molar-refractivity contribution is 7.21. The maximum absolute atomic E-state index is 11.7. The zero-order valence-electron chi connectivity index (χ0n) is 18.2. The molecule has 3 nitrogen and oxygen atoms in total. The standard InChI is InChI=1S/C25H27NO2S4/c1-17(2)20(25(27)28)11-12-26(15-18-7-9-23(31-18)21-5-3-13-29-21)16-19-8-10-24(32-19)22-6-4-14-30-22/h3-10,13-14,17,20H,11-12,15-16H2,1-2H3,(H,27,28). The van der Waals surface area contributed by atoms with Crippen molar-refractivity contribution in [2.45, 2.75) is 33.4 Å². The predicted molar refractivity (Wildman–Crippen MR) is 140 cm³/mol. The fourth-order valence-corrected chi connectivity index (χ4v) is 7.52. The highest BCUT2D eigenvalue weighted by Gasteiger charge is 2.23. The molecule has 4 aromatic rings. The van der Waals surface area contributed by atoms with Crippen LogP contribution in [0.25, 0.3) is 19.5 Å². The van der Waals surface area contributed by atoms with E-state index in [0.717, 1.165) is 19.6 Å². The minimum atomic E-state index is -0.688. The maximum atomic E-state index is 11.7. The van der Waals surface area contributed by atoms with Crippen molar-refractivity contribution in [3.05, 3.63) is 69.0 Å². The number of carboxylic acids is 1. The Balaban J connectivity index is 1.49. The number of hydrogen-bond acceptors (Lipinski definition) is 6. The molecule has 1 N–H and O–H groups in total. The van der Waals surface area contributed by atoms with E-state index in [4.69, 9.17) is 0 Å². The van der Waals surface area contributed by atoms with Crippen molar-refractivity contribution >= 4 is 51.3 Å². The van der Waals surface area contributed by atoms with Crippen molar-refractivity contribution in [1.29, 1.82) is 0 Å². The molecule has 7 heteroatoms. The highest BCUT2D eigenvalue weighted by atomic mass is 32.1. The highest BCUT2D eigenvalue weighted by Crippen LogP contribution is 2.34. The average molecular weight is 502 g/mol. The van der Waals surface area contributed by atoms with Gasteiger partial charge in [-0.25, -0.2) is 0 Å². The van der Waals surface area contributed by atoms with Gasteiger partial charge in [0, 0.05) is 42.4 Å². The Kier molecular flexibility index (Phi) is 7.97. The van der Waals surface area contributed by atoms with Gasteiger partial charge in [0.1, 0.15) is 0 Å². The SMILES string of the molecule is CC(C)C(CCN(Cc1ccc(-c2cccs2)s1)Cc1ccc(-c2cccs2)s1)C(=O)O. The summed E-state index contributed by atoms with van der Waals surface area (Å²) in [7, 11) is 0. The summed E-state index contributed by atoms with van der Waals surface area (Å²) < 4.78 is 0. The van der Waals surface area contributed by atoms with E-state index < -0.39 is 5.97 Å². The topological polar surface area (TPSA) is 40.5 Å². The molecular formula is C25H27NO2S4. The molecule has 0 fully saturated rings. The van der Waals surface area contributed by atoms with E-state index in [-0.39, 0.29) is 11.8 Å². The predicted octanol–water partition coefficient (Wildman–Crippen LogP) is 8.02. The van der Waals surface area contributed by atoms with Gasteiger partial charge in [0.25, 0.3) is 0 Å². The first-order chi connectivity index (χ1) is 15.5. The van der Waals surface area contributed by atoms with E-state index in [9.17, 15) is 9.90 Å². The quantitative estimate of drug-likeness (QED) is 0.226. The lowest BCUT2D eigenvalue weighted by Crippen LogP contribution is -2.29. The minimum Gasteiger partial charge on any atom is -0.481 e. The lowest BCUT2D eigenvalue weighted by Gasteiger charge is -2.24. The molecule has 0 spiro atoms. The summed E-state index contributed by atoms with van der Waals surface area (Å²) in [6.07, 6.45) is 0.666. The van der Waals surface area contributed by atoms with Crippen LogP contribution in [0.1, 0.15) is 30.0 Å². The van der Waals surface area contributed by atoms with Gasteiger partial charge in [-0.1, -0.05) is 26.0 Å². The average Bonchev–Trinajstić information content (AvgIpc) is 3.54. The second kappa shape index (κ2) is 10.9. The van der Waals surface area contributed by atoms with Crippen LogP contribution in [-0.2, 0) is 17.9 Å². The third-order valence-corrected chi connectivity index (χ3v) is 9.76. The van der Waals surface area contributed by atoms with Crippen molar-refractivity contribution in [2.24, 2.45) is 11.8 Å². The van der Waals surface area contributed by atoms with Crippen molar-refractivity contribution in [2.75, 3.05) is 6.54 Å². The molecule has 0 aliphatic rings. The molecular weight excluding hydrogens is 475 g/mol. The number of nitrogens with zero attached hydrogens (tertiary/aromatic N) is 1. The molecule has 32 heavy (non-hydrogen) atoms. The zero-order valence-corrected chi connectivity index (χ0v) is 21.5. The van der Waals surface area contributed by atoms with E-state index in [2.05, 4.69) is 64.2 Å². The molecule has 4 rings (SSSR count). The van der Waals surface area contributed by atoms with Crippen molar-refractivity contribution in [3.63, 3.8) is 0 Å². The van der Waals surface area contributed by atoms with Gasteiger partial charge in [-0.2, -0.15) is 0 Å². The molecule has 0 amide bonds. The summed E-state index contributed by atoms with van der Waals surface area (Å²) in [5, 5.41) is 13.9. The van der Waals surface area contributed by atoms with E-state index >= 15 is 0 Å². The zero-order chi connectivity index (χ0) is 22.5. The van der Waals surface area contributed by atoms with Crippen molar-refractivity contribution < 1.29 is 9.90 Å². The molecule has 0 aliphatic carbocycles. The van der Waals surface area contributed by atoms with Gasteiger partial charge in [0.2, 0.25) is 0 Å². The molecule has 168 valence electrons. The number of carboxylic acid groups (broad SMARTS) is 1. The molecule has 4 heterocycles. The summed E-state index contributed by atoms with van der Waals surface area (Å²) in [5.41, 5.74) is 0. The maximum Gasteiger partial charge on any atom is 0.306 e. The Hall–Kier alpha value is -1.77. The number of rotatable bonds is 11. The number of hydrogen-bond donors (Lipinski definition) is 1. The van der Waals surface area contributed by atoms with Gasteiger partial charge in [-0.05, 0) is 66.0 Å². The monoisotopic (exact) mass is 501 g/mol. The number of carbonyl (C=O) groups is 1. The fourth-order valence-electron chi connectivity index (χ4n) is 3.75. The summed E-state index contributed by atoms with van der Waals surface area (Å²) in [4.78, 5) is 22.0. The molecule has 1 atom stereocenters. The largest absolute Gasteiger partial charge is 0.481 e. The van der Waals surface area contributed by atoms with E-state index in [1.807, 2.05) is 36.5 Å². The van der Waals surface area contributed by atoms with Crippen LogP contribution >= 0.6 is 45.3 Å². The third kappa shape index (κ3) is 5.97. The first-order valence-corrected chi connectivity index (χ1v) is 14.1. The van der Waals surface area contributed by atoms with Crippen LogP contribution in [0.4, 0.5) is 0 Å². The van der Waals surface area contributed by atoms with Gasteiger partial charge in [0.15, 0.2) is 0 Å². The second-order valence-electron chi connectivity index (χ2n) is 8.17. The van der Waals surface area contributed by atoms with Crippen LogP contribution < -0.4 is 0 Å². The van der Waals surface area contributed by atoms with E-state index in [1.165, 1.54) is 29.3 Å². The third-order valence-electron chi connectivity index (χ3n) is 5.49. The van der Waals surface area contributed by atoms with Crippen LogP contribution in [0.15, 0.2) is 59.3 Å². The van der Waals surface area contributed by atoms with E-state index in [0.29, 0.717) is 6.42 Å². The summed E-state index contributed by atoms with van der Waals surface area (Å²) in [6, 6.07) is 17.4. The lowest BCUT2D eigenvalue weighted by atomic mass is 9.92. The lowest BCUT2D eigenvalue weighted by molar-refractivity contribution is -0.143. The minimum absolute atomic E-state index is 0.133. The number of aliphatic carboxylic acids is 1. The Labute approximate surface area is 205 Å². The van der Waals surface area contributed by atoms with Crippen LogP contribution in [0, 0.1) is 11.8 Å². The Morgan fingerprint density at radius 1 is 0.844 bits per heavy atom. The molecule has 0 saturated carbocycles. The molecule has 4 aromatic heterocycles. The first-order valence-electron chi connectivity index (χ1n) is 10.7. The smallest absolute Gasteiger partial charge is 0.306 e. The van der Waals surface area contributed by atoms with Gasteiger partial charge >= 0.3 is 5.97 Å². The Morgan fingerprint density at radius 2 is 1.38 bits per heavy atom. The van der Waals surface area contributed by atoms with Crippen molar-refractivity contribution in [1.82, 2.24) is 4.90 Å². The van der Waals surface area contributed by atoms with Gasteiger partial charge in [0.05, 0.1) is 5.92 Å². The number of thiophene rings is 4. The molecule has 0 radical (unpaired) electrons. The van der Waals surface area contributed by atoms with Gasteiger partial charge in [-0.3, -0.25) is 9.69 Å². The summed E-state index contributed by atoms with van der Waals surface area (Å²) in [6.45, 7) is 6.46. The van der Waals surface area contributed by atoms with Crippen LogP contribution in [-0.4, -0.2) is 22.5 Å². The Bertz CT molecular complexity index is 1030. The molecule has 0 bridgehead atoms. The van der Waals surface area contributed by atoms with Gasteiger partial charge in [-0.15, -0.1) is 45.3 Å². The molecule has 0 saturated heterocycles. The molecule has 0 aromatic carbocycles. The van der Waals surface area contributed by atoms with Gasteiger partial charge < -0.3 is 5.11 Å². The van der Waals surface area contributed by atoms with E-state index in [1.54, 1.807) is 22.7 Å². The van der Waals surface area contributed by atoms with Crippen molar-refractivity contribution in [3.8, 4) is 19.5 Å². The normalized spacial score (nSPS) is 12.6. The van der Waals surface area contributed by atoms with Crippen LogP contribution in [0.2, 0.25) is 0 Å². The Morgan fingerprint density at radius 3 is 1.78 bits per heavy atom. The summed E-state index contributed by atoms with van der Waals surface area (Å²) in [5.74, 6) is -0.867. The first kappa shape index (κ1) is 23.4.